The van der Waals surface area contributed by atoms with Gasteiger partial charge in [0, 0.05) is 25.2 Å². The van der Waals surface area contributed by atoms with Gasteiger partial charge in [-0.2, -0.15) is 0 Å². The molecule has 5 nitrogen and oxygen atoms in total. The minimum absolute atomic E-state index is 0.0147. The number of nitrogens with zero attached hydrogens (tertiary/aromatic N) is 2. The molecule has 2 fully saturated rings. The van der Waals surface area contributed by atoms with Crippen molar-refractivity contribution in [2.75, 3.05) is 19.6 Å². The highest BCUT2D eigenvalue weighted by Crippen LogP contribution is 2.23. The van der Waals surface area contributed by atoms with Crippen molar-refractivity contribution >= 4 is 11.8 Å². The third-order valence-electron chi connectivity index (χ3n) is 4.91. The molecule has 2 amide bonds. The summed E-state index contributed by atoms with van der Waals surface area (Å²) in [5.41, 5.74) is 6.93. The van der Waals surface area contributed by atoms with Crippen LogP contribution in [0.5, 0.6) is 0 Å². The third kappa shape index (κ3) is 3.72. The number of primary amides is 1. The van der Waals surface area contributed by atoms with Crippen LogP contribution in [0, 0.1) is 0 Å². The van der Waals surface area contributed by atoms with Crippen molar-refractivity contribution in [2.45, 2.75) is 44.7 Å². The molecule has 5 heteroatoms. The Bertz CT molecular complexity index is 581. The first kappa shape index (κ1) is 16.0. The molecule has 2 N–H and O–H groups in total. The van der Waals surface area contributed by atoms with Crippen molar-refractivity contribution in [1.82, 2.24) is 9.80 Å². The summed E-state index contributed by atoms with van der Waals surface area (Å²) in [6.45, 7) is 3.44. The Kier molecular flexibility index (Phi) is 4.96. The Morgan fingerprint density at radius 3 is 2.57 bits per heavy atom. The monoisotopic (exact) mass is 315 g/mol. The number of carbonyl (C=O) groups is 2. The lowest BCUT2D eigenvalue weighted by molar-refractivity contribution is -0.137. The van der Waals surface area contributed by atoms with E-state index in [2.05, 4.69) is 4.90 Å². The zero-order valence-corrected chi connectivity index (χ0v) is 13.5. The maximum absolute atomic E-state index is 12.8. The van der Waals surface area contributed by atoms with Gasteiger partial charge >= 0.3 is 0 Å². The Balaban J connectivity index is 1.72. The van der Waals surface area contributed by atoms with Gasteiger partial charge in [0.2, 0.25) is 11.8 Å². The van der Waals surface area contributed by atoms with E-state index in [0.717, 1.165) is 57.3 Å². The number of likely N-dealkylation sites (tertiary alicyclic amines) is 2. The molecule has 2 aliphatic heterocycles. The van der Waals surface area contributed by atoms with Crippen molar-refractivity contribution in [3.8, 4) is 0 Å². The molecule has 23 heavy (non-hydrogen) atoms. The Morgan fingerprint density at radius 2 is 1.83 bits per heavy atom. The van der Waals surface area contributed by atoms with Crippen molar-refractivity contribution in [3.63, 3.8) is 0 Å². The molecule has 0 aliphatic carbocycles. The quantitative estimate of drug-likeness (QED) is 0.920. The van der Waals surface area contributed by atoms with Crippen LogP contribution in [-0.2, 0) is 11.3 Å². The first-order valence-corrected chi connectivity index (χ1v) is 8.57. The number of hydrogen-bond acceptors (Lipinski definition) is 3. The van der Waals surface area contributed by atoms with Gasteiger partial charge in [-0.1, -0.05) is 18.6 Å². The van der Waals surface area contributed by atoms with Crippen molar-refractivity contribution in [2.24, 2.45) is 5.73 Å². The number of rotatable bonds is 4. The number of carbonyl (C=O) groups excluding carboxylic acids is 2. The number of benzene rings is 1. The Hall–Kier alpha value is -1.88. The van der Waals surface area contributed by atoms with Crippen LogP contribution in [0.15, 0.2) is 24.3 Å². The van der Waals surface area contributed by atoms with Gasteiger partial charge < -0.3 is 10.6 Å². The van der Waals surface area contributed by atoms with E-state index >= 15 is 0 Å². The van der Waals surface area contributed by atoms with Crippen LogP contribution in [-0.4, -0.2) is 47.3 Å². The standard InChI is InChI=1S/C18H25N3O2/c19-17(22)15-7-5-6-14(12-15)13-21-11-2-1-8-16(21)18(23)20-9-3-4-10-20/h5-7,12,16H,1-4,8-11,13H2,(H2,19,22). The van der Waals surface area contributed by atoms with Gasteiger partial charge in [-0.25, -0.2) is 0 Å². The maximum Gasteiger partial charge on any atom is 0.248 e. The molecular formula is C18H25N3O2. The van der Waals surface area contributed by atoms with E-state index in [-0.39, 0.29) is 11.9 Å². The fourth-order valence-corrected chi connectivity index (χ4v) is 3.67. The smallest absolute Gasteiger partial charge is 0.248 e. The number of hydrogen-bond donors (Lipinski definition) is 1. The lowest BCUT2D eigenvalue weighted by atomic mass is 9.99. The molecule has 1 atom stereocenters. The van der Waals surface area contributed by atoms with Crippen molar-refractivity contribution < 1.29 is 9.59 Å². The summed E-state index contributed by atoms with van der Waals surface area (Å²) in [4.78, 5) is 28.4. The molecule has 0 spiro atoms. The van der Waals surface area contributed by atoms with Gasteiger partial charge in [-0.3, -0.25) is 14.5 Å². The third-order valence-corrected chi connectivity index (χ3v) is 4.91. The number of piperidine rings is 1. The molecule has 0 saturated carbocycles. The second kappa shape index (κ2) is 7.13. The predicted octanol–water partition coefficient (Wildman–Crippen LogP) is 1.76. The molecule has 0 radical (unpaired) electrons. The second-order valence-electron chi connectivity index (χ2n) is 6.58. The largest absolute Gasteiger partial charge is 0.366 e. The first-order valence-electron chi connectivity index (χ1n) is 8.57. The predicted molar refractivity (Wildman–Crippen MR) is 88.8 cm³/mol. The maximum atomic E-state index is 12.8. The minimum atomic E-state index is -0.407. The van der Waals surface area contributed by atoms with Crippen LogP contribution < -0.4 is 5.73 Å². The molecule has 2 aliphatic rings. The van der Waals surface area contributed by atoms with Gasteiger partial charge in [0.05, 0.1) is 6.04 Å². The topological polar surface area (TPSA) is 66.6 Å². The average molecular weight is 315 g/mol. The highest BCUT2D eigenvalue weighted by atomic mass is 16.2. The van der Waals surface area contributed by atoms with E-state index < -0.39 is 5.91 Å². The SMILES string of the molecule is NC(=O)c1cccc(CN2CCCCC2C(=O)N2CCCC2)c1. The van der Waals surface area contributed by atoms with Gasteiger partial charge in [0.1, 0.15) is 0 Å². The van der Waals surface area contributed by atoms with Gasteiger partial charge in [-0.05, 0) is 49.9 Å². The van der Waals surface area contributed by atoms with Crippen LogP contribution in [0.4, 0.5) is 0 Å². The molecule has 2 saturated heterocycles. The number of amides is 2. The van der Waals surface area contributed by atoms with Crippen LogP contribution in [0.3, 0.4) is 0 Å². The summed E-state index contributed by atoms with van der Waals surface area (Å²) in [7, 11) is 0. The van der Waals surface area contributed by atoms with E-state index in [1.54, 1.807) is 6.07 Å². The van der Waals surface area contributed by atoms with Gasteiger partial charge in [-0.15, -0.1) is 0 Å². The Labute approximate surface area is 137 Å². The van der Waals surface area contributed by atoms with E-state index in [0.29, 0.717) is 12.1 Å². The zero-order valence-electron chi connectivity index (χ0n) is 13.5. The fourth-order valence-electron chi connectivity index (χ4n) is 3.67. The van der Waals surface area contributed by atoms with E-state index in [1.807, 2.05) is 23.1 Å². The van der Waals surface area contributed by atoms with E-state index in [9.17, 15) is 9.59 Å². The molecule has 3 rings (SSSR count). The Morgan fingerprint density at radius 1 is 1.09 bits per heavy atom. The highest BCUT2D eigenvalue weighted by molar-refractivity contribution is 5.92. The van der Waals surface area contributed by atoms with Crippen LogP contribution >= 0.6 is 0 Å². The summed E-state index contributed by atoms with van der Waals surface area (Å²) in [6, 6.07) is 7.41. The average Bonchev–Trinajstić information content (AvgIpc) is 3.09. The summed E-state index contributed by atoms with van der Waals surface area (Å²) in [6.07, 6.45) is 5.42. The lowest BCUT2D eigenvalue weighted by Gasteiger charge is -2.36. The summed E-state index contributed by atoms with van der Waals surface area (Å²) >= 11 is 0. The van der Waals surface area contributed by atoms with Gasteiger partial charge in [0.25, 0.3) is 0 Å². The van der Waals surface area contributed by atoms with Crippen molar-refractivity contribution in [1.29, 1.82) is 0 Å². The van der Waals surface area contributed by atoms with Crippen molar-refractivity contribution in [3.05, 3.63) is 35.4 Å². The van der Waals surface area contributed by atoms with Crippen LogP contribution in [0.25, 0.3) is 0 Å². The molecule has 0 bridgehead atoms. The van der Waals surface area contributed by atoms with E-state index in [4.69, 9.17) is 5.73 Å². The van der Waals surface area contributed by atoms with E-state index in [1.165, 1.54) is 0 Å². The zero-order chi connectivity index (χ0) is 16.2. The van der Waals surface area contributed by atoms with Crippen LogP contribution in [0.2, 0.25) is 0 Å². The molecular weight excluding hydrogens is 290 g/mol. The van der Waals surface area contributed by atoms with Crippen LogP contribution in [0.1, 0.15) is 48.0 Å². The summed E-state index contributed by atoms with van der Waals surface area (Å²) in [5, 5.41) is 0. The molecule has 1 aromatic rings. The minimum Gasteiger partial charge on any atom is -0.366 e. The van der Waals surface area contributed by atoms with Gasteiger partial charge in [0.15, 0.2) is 0 Å². The summed E-state index contributed by atoms with van der Waals surface area (Å²) in [5.74, 6) is -0.122. The molecule has 1 aromatic carbocycles. The molecule has 124 valence electrons. The summed E-state index contributed by atoms with van der Waals surface area (Å²) < 4.78 is 0. The highest BCUT2D eigenvalue weighted by Gasteiger charge is 2.32. The fraction of sp³-hybridized carbons (Fsp3) is 0.556. The lowest BCUT2D eigenvalue weighted by Crippen LogP contribution is -2.49. The number of nitrogens with two attached hydrogens (primary N) is 1. The normalized spacial score (nSPS) is 22.3. The molecule has 2 heterocycles. The first-order chi connectivity index (χ1) is 11.1. The molecule has 0 aromatic heterocycles. The second-order valence-corrected chi connectivity index (χ2v) is 6.58. The molecule has 1 unspecified atom stereocenters.